The quantitative estimate of drug-likeness (QED) is 0.592. The van der Waals surface area contributed by atoms with Crippen LogP contribution in [0.3, 0.4) is 0 Å². The summed E-state index contributed by atoms with van der Waals surface area (Å²) in [6.07, 6.45) is 0. The van der Waals surface area contributed by atoms with E-state index in [1.54, 1.807) is 17.7 Å². The summed E-state index contributed by atoms with van der Waals surface area (Å²) in [7, 11) is -0.973. The van der Waals surface area contributed by atoms with Crippen LogP contribution in [0.25, 0.3) is 0 Å². The van der Waals surface area contributed by atoms with Crippen LogP contribution in [0.1, 0.15) is 5.56 Å². The first kappa shape index (κ1) is 13.5. The molecule has 2 aromatic carbocycles. The summed E-state index contributed by atoms with van der Waals surface area (Å²) in [4.78, 5) is 4.33. The average molecular weight is 316 g/mol. The minimum absolute atomic E-state index is 0.0797. The van der Waals surface area contributed by atoms with Crippen molar-refractivity contribution in [2.24, 2.45) is 4.99 Å². The molecular formula is C14H9ClF3NS. The van der Waals surface area contributed by atoms with Gasteiger partial charge >= 0.3 is 0 Å². The maximum atomic E-state index is 13.6. The number of rotatable bonds is 2. The maximum Gasteiger partial charge on any atom is 0.196 e. The fraction of sp³-hybridized carbons (Fsp3) is 0.0714. The zero-order chi connectivity index (χ0) is 14.3. The Labute approximate surface area is 121 Å². The molecule has 1 aliphatic heterocycles. The molecule has 6 heteroatoms. The Morgan fingerprint density at radius 1 is 1.05 bits per heavy atom. The van der Waals surface area contributed by atoms with Crippen molar-refractivity contribution in [1.82, 2.24) is 0 Å². The number of nitrogens with zero attached hydrogens (tertiary/aromatic N) is 1. The normalized spacial score (nSPS) is 18.3. The first-order chi connectivity index (χ1) is 9.56. The van der Waals surface area contributed by atoms with Gasteiger partial charge in [0.15, 0.2) is 17.5 Å². The predicted octanol–water partition coefficient (Wildman–Crippen LogP) is 4.99. The van der Waals surface area contributed by atoms with Crippen LogP contribution in [-0.4, -0.2) is 5.55 Å². The van der Waals surface area contributed by atoms with Crippen molar-refractivity contribution in [3.05, 3.63) is 58.4 Å². The van der Waals surface area contributed by atoms with Crippen LogP contribution in [0.4, 0.5) is 18.9 Å². The number of aliphatic imine (C=N–C) groups is 1. The SMILES string of the molecule is Fc1cc2c(c(F)c1F)N=C[SH]2Cc1ccc(Cl)cc1. The van der Waals surface area contributed by atoms with E-state index in [0.29, 0.717) is 15.7 Å². The third-order valence-electron chi connectivity index (χ3n) is 3.02. The summed E-state index contributed by atoms with van der Waals surface area (Å²) in [5.41, 5.74) is 2.49. The molecule has 0 aliphatic carbocycles. The van der Waals surface area contributed by atoms with Crippen molar-refractivity contribution in [3.8, 4) is 0 Å². The van der Waals surface area contributed by atoms with E-state index in [1.165, 1.54) is 0 Å². The Hall–Kier alpha value is -1.46. The summed E-state index contributed by atoms with van der Waals surface area (Å²) in [5, 5.41) is 0.626. The molecule has 3 rings (SSSR count). The fourth-order valence-electron chi connectivity index (χ4n) is 2.02. The van der Waals surface area contributed by atoms with Crippen LogP contribution in [0.5, 0.6) is 0 Å². The van der Waals surface area contributed by atoms with Crippen LogP contribution >= 0.6 is 22.5 Å². The molecule has 0 aromatic heterocycles. The van der Waals surface area contributed by atoms with E-state index < -0.39 is 28.3 Å². The van der Waals surface area contributed by atoms with Gasteiger partial charge in [0.1, 0.15) is 5.69 Å². The molecule has 0 spiro atoms. The summed E-state index contributed by atoms with van der Waals surface area (Å²) in [5.74, 6) is -3.26. The third-order valence-corrected chi connectivity index (χ3v) is 5.33. The van der Waals surface area contributed by atoms with E-state index in [9.17, 15) is 13.2 Å². The van der Waals surface area contributed by atoms with Gasteiger partial charge in [-0.05, 0) is 23.8 Å². The van der Waals surface area contributed by atoms with Gasteiger partial charge in [0, 0.05) is 21.2 Å². The van der Waals surface area contributed by atoms with Crippen molar-refractivity contribution >= 4 is 33.7 Å². The topological polar surface area (TPSA) is 12.4 Å². The van der Waals surface area contributed by atoms with Crippen LogP contribution in [0.15, 0.2) is 40.2 Å². The second kappa shape index (κ2) is 5.14. The molecule has 1 unspecified atom stereocenters. The Bertz CT molecular complexity index is 701. The lowest BCUT2D eigenvalue weighted by atomic mass is 10.2. The number of thiol groups is 1. The third kappa shape index (κ3) is 2.31. The lowest BCUT2D eigenvalue weighted by Gasteiger charge is -2.14. The molecule has 0 saturated heterocycles. The molecule has 104 valence electrons. The maximum absolute atomic E-state index is 13.6. The standard InChI is InChI=1S/C14H9ClF3NS/c15-9-3-1-8(2-4-9)6-20-7-19-14-11(20)5-10(16)12(17)13(14)18/h1-5,7,20H,6H2. The Morgan fingerprint density at radius 3 is 2.45 bits per heavy atom. The first-order valence-corrected chi connectivity index (χ1v) is 7.76. The second-order valence-electron chi connectivity index (χ2n) is 4.35. The van der Waals surface area contributed by atoms with E-state index in [0.717, 1.165) is 11.6 Å². The number of fused-ring (bicyclic) bond motifs is 1. The van der Waals surface area contributed by atoms with Gasteiger partial charge < -0.3 is 0 Å². The van der Waals surface area contributed by atoms with Crippen LogP contribution in [0, 0.1) is 17.5 Å². The summed E-state index contributed by atoms with van der Waals surface area (Å²) in [6.45, 7) is 0. The van der Waals surface area contributed by atoms with Gasteiger partial charge in [0.2, 0.25) is 0 Å². The lowest BCUT2D eigenvalue weighted by Crippen LogP contribution is -1.94. The molecule has 2 aromatic rings. The molecular weight excluding hydrogens is 307 g/mol. The zero-order valence-electron chi connectivity index (χ0n) is 10.1. The molecule has 0 saturated carbocycles. The number of benzene rings is 2. The van der Waals surface area contributed by atoms with Crippen molar-refractivity contribution in [1.29, 1.82) is 0 Å². The Balaban J connectivity index is 1.94. The summed E-state index contributed by atoms with van der Waals surface area (Å²) in [6, 6.07) is 8.26. The highest BCUT2D eigenvalue weighted by Crippen LogP contribution is 2.49. The fourth-order valence-corrected chi connectivity index (χ4v) is 4.09. The van der Waals surface area contributed by atoms with Gasteiger partial charge in [-0.25, -0.2) is 18.2 Å². The Kier molecular flexibility index (Phi) is 3.48. The van der Waals surface area contributed by atoms with Crippen molar-refractivity contribution in [2.75, 3.05) is 0 Å². The highest BCUT2D eigenvalue weighted by Gasteiger charge is 2.25. The van der Waals surface area contributed by atoms with Crippen molar-refractivity contribution < 1.29 is 13.2 Å². The smallest absolute Gasteiger partial charge is 0.196 e. The molecule has 0 amide bonds. The van der Waals surface area contributed by atoms with E-state index in [4.69, 9.17) is 11.6 Å². The molecule has 1 atom stereocenters. The largest absolute Gasteiger partial charge is 0.247 e. The second-order valence-corrected chi connectivity index (χ2v) is 6.76. The number of halogens is 4. The van der Waals surface area contributed by atoms with Crippen LogP contribution in [0.2, 0.25) is 5.02 Å². The molecule has 0 radical (unpaired) electrons. The highest BCUT2D eigenvalue weighted by atomic mass is 35.5. The van der Waals surface area contributed by atoms with Gasteiger partial charge in [-0.3, -0.25) is 0 Å². The molecule has 0 fully saturated rings. The van der Waals surface area contributed by atoms with Crippen molar-refractivity contribution in [2.45, 2.75) is 10.6 Å². The Morgan fingerprint density at radius 2 is 1.75 bits per heavy atom. The van der Waals surface area contributed by atoms with Crippen molar-refractivity contribution in [3.63, 3.8) is 0 Å². The monoisotopic (exact) mass is 315 g/mol. The van der Waals surface area contributed by atoms with Gasteiger partial charge in [-0.1, -0.05) is 23.7 Å². The number of hydrogen-bond acceptors (Lipinski definition) is 1. The van der Waals surface area contributed by atoms with Gasteiger partial charge in [0.05, 0.1) is 0 Å². The summed E-state index contributed by atoms with van der Waals surface area (Å²) >= 11 is 5.81. The predicted molar refractivity (Wildman–Crippen MR) is 76.9 cm³/mol. The van der Waals surface area contributed by atoms with Crippen LogP contribution < -0.4 is 0 Å². The average Bonchev–Trinajstić information content (AvgIpc) is 2.82. The summed E-state index contributed by atoms with van der Waals surface area (Å²) < 4.78 is 40.1. The first-order valence-electron chi connectivity index (χ1n) is 5.79. The molecule has 1 aliphatic rings. The van der Waals surface area contributed by atoms with Gasteiger partial charge in [-0.2, -0.15) is 10.9 Å². The molecule has 0 bridgehead atoms. The molecule has 1 heterocycles. The number of hydrogen-bond donors (Lipinski definition) is 1. The van der Waals surface area contributed by atoms with E-state index in [-0.39, 0.29) is 5.69 Å². The minimum atomic E-state index is -1.47. The highest BCUT2D eigenvalue weighted by molar-refractivity contribution is 8.28. The molecule has 0 N–H and O–H groups in total. The van der Waals surface area contributed by atoms with E-state index in [1.807, 2.05) is 12.1 Å². The van der Waals surface area contributed by atoms with Gasteiger partial charge in [0.25, 0.3) is 0 Å². The lowest BCUT2D eigenvalue weighted by molar-refractivity contribution is 0.445. The molecule has 20 heavy (non-hydrogen) atoms. The van der Waals surface area contributed by atoms with Gasteiger partial charge in [-0.15, -0.1) is 0 Å². The minimum Gasteiger partial charge on any atom is -0.247 e. The van der Waals surface area contributed by atoms with Crippen LogP contribution in [-0.2, 0) is 5.75 Å². The zero-order valence-corrected chi connectivity index (χ0v) is 11.7. The van der Waals surface area contributed by atoms with E-state index in [2.05, 4.69) is 4.99 Å². The van der Waals surface area contributed by atoms with E-state index >= 15 is 0 Å². The molecule has 1 nitrogen and oxygen atoms in total.